The molecule has 2 amide bonds. The van der Waals surface area contributed by atoms with Crippen molar-refractivity contribution in [1.29, 1.82) is 0 Å². The van der Waals surface area contributed by atoms with Gasteiger partial charge in [0.15, 0.2) is 0 Å². The van der Waals surface area contributed by atoms with Gasteiger partial charge in [-0.2, -0.15) is 0 Å². The summed E-state index contributed by atoms with van der Waals surface area (Å²) in [6, 6.07) is 8.61. The number of amides is 2. The zero-order valence-corrected chi connectivity index (χ0v) is 13.9. The molecule has 1 aliphatic rings. The van der Waals surface area contributed by atoms with Crippen LogP contribution in [0.25, 0.3) is 0 Å². The van der Waals surface area contributed by atoms with Crippen molar-refractivity contribution < 1.29 is 9.90 Å². The van der Waals surface area contributed by atoms with Gasteiger partial charge in [0.05, 0.1) is 0 Å². The Kier molecular flexibility index (Phi) is 5.46. The summed E-state index contributed by atoms with van der Waals surface area (Å²) in [5, 5.41) is 12.1. The van der Waals surface area contributed by atoms with E-state index >= 15 is 0 Å². The SMILES string of the molecule is CC(C)(C)c1ccc(CCNC(=O)N2CCC(CO)C2)cc1. The zero-order valence-electron chi connectivity index (χ0n) is 13.9. The second kappa shape index (κ2) is 7.14. The summed E-state index contributed by atoms with van der Waals surface area (Å²) in [7, 11) is 0. The van der Waals surface area contributed by atoms with Crippen molar-refractivity contribution in [2.75, 3.05) is 26.2 Å². The first kappa shape index (κ1) is 16.8. The highest BCUT2D eigenvalue weighted by atomic mass is 16.3. The normalized spacial score (nSPS) is 18.5. The molecule has 0 saturated carbocycles. The summed E-state index contributed by atoms with van der Waals surface area (Å²) in [6.45, 7) is 8.85. The van der Waals surface area contributed by atoms with Gasteiger partial charge in [0.1, 0.15) is 0 Å². The van der Waals surface area contributed by atoms with Crippen molar-refractivity contribution in [3.8, 4) is 0 Å². The Balaban J connectivity index is 1.75. The predicted molar refractivity (Wildman–Crippen MR) is 89.0 cm³/mol. The van der Waals surface area contributed by atoms with E-state index in [-0.39, 0.29) is 24.0 Å². The summed E-state index contributed by atoms with van der Waals surface area (Å²) in [4.78, 5) is 13.8. The average molecular weight is 304 g/mol. The zero-order chi connectivity index (χ0) is 16.2. The molecule has 1 saturated heterocycles. The summed E-state index contributed by atoms with van der Waals surface area (Å²) >= 11 is 0. The number of carbonyl (C=O) groups excluding carboxylic acids is 1. The predicted octanol–water partition coefficient (Wildman–Crippen LogP) is 2.55. The standard InChI is InChI=1S/C18H28N2O2/c1-18(2,3)16-6-4-14(5-7-16)8-10-19-17(22)20-11-9-15(12-20)13-21/h4-7,15,21H,8-13H2,1-3H3,(H,19,22). The van der Waals surface area contributed by atoms with Gasteiger partial charge in [-0.25, -0.2) is 4.79 Å². The van der Waals surface area contributed by atoms with Crippen LogP contribution in [0.1, 0.15) is 38.3 Å². The molecule has 4 heteroatoms. The van der Waals surface area contributed by atoms with Crippen molar-refractivity contribution in [3.63, 3.8) is 0 Å². The Labute approximate surface area is 133 Å². The lowest BCUT2D eigenvalue weighted by Gasteiger charge is -2.19. The van der Waals surface area contributed by atoms with Crippen LogP contribution in [0.3, 0.4) is 0 Å². The van der Waals surface area contributed by atoms with Gasteiger partial charge >= 0.3 is 6.03 Å². The average Bonchev–Trinajstić information content (AvgIpc) is 2.96. The van der Waals surface area contributed by atoms with E-state index in [1.54, 1.807) is 4.90 Å². The van der Waals surface area contributed by atoms with E-state index in [0.717, 1.165) is 19.4 Å². The minimum atomic E-state index is -0.0118. The van der Waals surface area contributed by atoms with E-state index in [2.05, 4.69) is 50.4 Å². The van der Waals surface area contributed by atoms with Crippen LogP contribution in [0.2, 0.25) is 0 Å². The maximum absolute atomic E-state index is 12.0. The quantitative estimate of drug-likeness (QED) is 0.898. The van der Waals surface area contributed by atoms with Crippen LogP contribution in [0.5, 0.6) is 0 Å². The molecule has 1 atom stereocenters. The minimum Gasteiger partial charge on any atom is -0.396 e. The highest BCUT2D eigenvalue weighted by Gasteiger charge is 2.25. The molecule has 1 unspecified atom stereocenters. The van der Waals surface area contributed by atoms with Crippen LogP contribution in [0.4, 0.5) is 4.79 Å². The molecule has 0 bridgehead atoms. The summed E-state index contributed by atoms with van der Waals surface area (Å²) < 4.78 is 0. The molecule has 0 radical (unpaired) electrons. The van der Waals surface area contributed by atoms with E-state index in [4.69, 9.17) is 5.11 Å². The van der Waals surface area contributed by atoms with Gasteiger partial charge in [-0.15, -0.1) is 0 Å². The molecule has 1 heterocycles. The number of nitrogens with zero attached hydrogens (tertiary/aromatic N) is 1. The van der Waals surface area contributed by atoms with Gasteiger partial charge in [-0.3, -0.25) is 0 Å². The number of hydrogen-bond acceptors (Lipinski definition) is 2. The van der Waals surface area contributed by atoms with Crippen LogP contribution < -0.4 is 5.32 Å². The third-order valence-electron chi connectivity index (χ3n) is 4.34. The van der Waals surface area contributed by atoms with Gasteiger partial charge in [0.2, 0.25) is 0 Å². The Morgan fingerprint density at radius 2 is 2.00 bits per heavy atom. The first-order valence-corrected chi connectivity index (χ1v) is 8.13. The van der Waals surface area contributed by atoms with Crippen LogP contribution in [0, 0.1) is 5.92 Å². The lowest BCUT2D eigenvalue weighted by atomic mass is 9.86. The number of benzene rings is 1. The molecule has 0 aromatic heterocycles. The highest BCUT2D eigenvalue weighted by molar-refractivity contribution is 5.74. The maximum Gasteiger partial charge on any atom is 0.317 e. The highest BCUT2D eigenvalue weighted by Crippen LogP contribution is 2.22. The monoisotopic (exact) mass is 304 g/mol. The fraction of sp³-hybridized carbons (Fsp3) is 0.611. The summed E-state index contributed by atoms with van der Waals surface area (Å²) in [5.41, 5.74) is 2.74. The molecule has 4 nitrogen and oxygen atoms in total. The number of likely N-dealkylation sites (tertiary alicyclic amines) is 1. The van der Waals surface area contributed by atoms with Crippen LogP contribution in [-0.4, -0.2) is 42.3 Å². The molecular weight excluding hydrogens is 276 g/mol. The molecule has 1 aromatic rings. The van der Waals surface area contributed by atoms with E-state index in [1.807, 2.05) is 0 Å². The smallest absolute Gasteiger partial charge is 0.317 e. The second-order valence-corrected chi connectivity index (χ2v) is 7.21. The number of nitrogens with one attached hydrogen (secondary N) is 1. The Bertz CT molecular complexity index is 491. The van der Waals surface area contributed by atoms with Crippen molar-refractivity contribution in [1.82, 2.24) is 10.2 Å². The number of aliphatic hydroxyl groups is 1. The lowest BCUT2D eigenvalue weighted by Crippen LogP contribution is -2.39. The topological polar surface area (TPSA) is 52.6 Å². The van der Waals surface area contributed by atoms with Crippen LogP contribution >= 0.6 is 0 Å². The van der Waals surface area contributed by atoms with Crippen molar-refractivity contribution >= 4 is 6.03 Å². The van der Waals surface area contributed by atoms with Gasteiger partial charge in [-0.1, -0.05) is 45.0 Å². The molecule has 2 rings (SSSR count). The first-order chi connectivity index (χ1) is 10.4. The number of rotatable bonds is 4. The number of hydrogen-bond donors (Lipinski definition) is 2. The summed E-state index contributed by atoms with van der Waals surface area (Å²) in [5.74, 6) is 0.246. The fourth-order valence-electron chi connectivity index (χ4n) is 2.76. The Morgan fingerprint density at radius 3 is 2.55 bits per heavy atom. The van der Waals surface area contributed by atoms with Crippen molar-refractivity contribution in [3.05, 3.63) is 35.4 Å². The third-order valence-corrected chi connectivity index (χ3v) is 4.34. The molecule has 1 fully saturated rings. The number of carbonyl (C=O) groups is 1. The van der Waals surface area contributed by atoms with Crippen molar-refractivity contribution in [2.45, 2.75) is 39.0 Å². The molecule has 0 aliphatic carbocycles. The minimum absolute atomic E-state index is 0.0118. The van der Waals surface area contributed by atoms with Gasteiger partial charge < -0.3 is 15.3 Å². The molecule has 1 aromatic carbocycles. The summed E-state index contributed by atoms with van der Waals surface area (Å²) in [6.07, 6.45) is 1.74. The van der Waals surface area contributed by atoms with Crippen molar-refractivity contribution in [2.24, 2.45) is 5.92 Å². The van der Waals surface area contributed by atoms with E-state index in [1.165, 1.54) is 11.1 Å². The molecule has 0 spiro atoms. The molecule has 2 N–H and O–H groups in total. The van der Waals surface area contributed by atoms with Gasteiger partial charge in [0, 0.05) is 32.2 Å². The van der Waals surface area contributed by atoms with Gasteiger partial charge in [0.25, 0.3) is 0 Å². The van der Waals surface area contributed by atoms with Crippen LogP contribution in [0.15, 0.2) is 24.3 Å². The molecular formula is C18H28N2O2. The molecule has 1 aliphatic heterocycles. The molecule has 22 heavy (non-hydrogen) atoms. The maximum atomic E-state index is 12.0. The van der Waals surface area contributed by atoms with Crippen LogP contribution in [-0.2, 0) is 11.8 Å². The number of aliphatic hydroxyl groups excluding tert-OH is 1. The largest absolute Gasteiger partial charge is 0.396 e. The third kappa shape index (κ3) is 4.47. The lowest BCUT2D eigenvalue weighted by molar-refractivity contribution is 0.198. The van der Waals surface area contributed by atoms with E-state index < -0.39 is 0 Å². The molecule has 122 valence electrons. The Morgan fingerprint density at radius 1 is 1.32 bits per heavy atom. The van der Waals surface area contributed by atoms with E-state index in [9.17, 15) is 4.79 Å². The Hall–Kier alpha value is -1.55. The first-order valence-electron chi connectivity index (χ1n) is 8.13. The number of urea groups is 1. The second-order valence-electron chi connectivity index (χ2n) is 7.21. The van der Waals surface area contributed by atoms with E-state index in [0.29, 0.717) is 13.1 Å². The fourth-order valence-corrected chi connectivity index (χ4v) is 2.76. The van der Waals surface area contributed by atoms with Gasteiger partial charge in [-0.05, 0) is 29.4 Å².